The summed E-state index contributed by atoms with van der Waals surface area (Å²) in [5.41, 5.74) is 0. The van der Waals surface area contributed by atoms with Crippen LogP contribution in [0.1, 0.15) is 0 Å². The fourth-order valence-corrected chi connectivity index (χ4v) is 0.212. The third kappa shape index (κ3) is 22.8. The molecule has 0 radical (unpaired) electrons. The van der Waals surface area contributed by atoms with Crippen molar-refractivity contribution in [2.24, 2.45) is 0 Å². The quantitative estimate of drug-likeness (QED) is 0.232. The molecule has 10 heavy (non-hydrogen) atoms. The summed E-state index contributed by atoms with van der Waals surface area (Å²) in [5.74, 6) is 0. The Kier molecular flexibility index (Phi) is 18.0. The Morgan fingerprint density at radius 1 is 1.40 bits per heavy atom. The smallest absolute Gasteiger partial charge is 0.165 e. The van der Waals surface area contributed by atoms with Crippen LogP contribution in [0.4, 0.5) is 0 Å². The summed E-state index contributed by atoms with van der Waals surface area (Å²) >= 11 is 2.07. The van der Waals surface area contributed by atoms with Gasteiger partial charge in [0.2, 0.25) is 0 Å². The van der Waals surface area contributed by atoms with Crippen molar-refractivity contribution < 1.29 is 28.5 Å². The summed E-state index contributed by atoms with van der Waals surface area (Å²) in [4.78, 5) is 0. The van der Waals surface area contributed by atoms with Gasteiger partial charge in [-0.25, -0.2) is 0 Å². The minimum absolute atomic E-state index is 0. The number of nitriles is 1. The molecule has 62 valence electrons. The van der Waals surface area contributed by atoms with Gasteiger partial charge in [0.15, 0.2) is 6.54 Å². The van der Waals surface area contributed by atoms with Crippen molar-refractivity contribution in [1.82, 2.24) is 0 Å². The molecule has 0 fully saturated rings. The predicted molar refractivity (Wildman–Crippen MR) is 52.2 cm³/mol. The number of halogens is 2. The highest BCUT2D eigenvalue weighted by molar-refractivity contribution is 14.2. The van der Waals surface area contributed by atoms with Gasteiger partial charge in [0.05, 0.1) is 21.1 Å². The Balaban J connectivity index is -0.000000149. The second kappa shape index (κ2) is 10.3. The molecule has 0 aliphatic rings. The first-order valence-electron chi connectivity index (χ1n) is 2.45. The molecule has 0 aromatic carbocycles. The zero-order chi connectivity index (χ0) is 7.91. The standard InChI is InChI=1S/C5H11N2.H2IP.HI/c1-7(2,3)5-4-6;1-2;/h5H2,1-3H3;2H2;1H/q+1;;/p-1. The number of nitrogens with zero attached hydrogens (tertiary/aromatic N) is 2. The third-order valence-corrected chi connectivity index (χ3v) is 0.545. The summed E-state index contributed by atoms with van der Waals surface area (Å²) < 4.78 is 0.733. The van der Waals surface area contributed by atoms with Crippen molar-refractivity contribution >= 4 is 28.9 Å². The average molecular weight is 386 g/mol. The van der Waals surface area contributed by atoms with E-state index in [4.69, 9.17) is 5.26 Å². The molecule has 0 amide bonds. The van der Waals surface area contributed by atoms with Gasteiger partial charge in [-0.3, -0.25) is 0 Å². The van der Waals surface area contributed by atoms with E-state index in [0.717, 1.165) is 4.48 Å². The van der Waals surface area contributed by atoms with Gasteiger partial charge >= 0.3 is 0 Å². The van der Waals surface area contributed by atoms with Crippen LogP contribution < -0.4 is 24.0 Å². The Morgan fingerprint density at radius 2 is 1.70 bits per heavy atom. The Hall–Kier alpha value is 1.34. The maximum Gasteiger partial charge on any atom is 0.165 e. The van der Waals surface area contributed by atoms with Crippen LogP contribution in [0.2, 0.25) is 0 Å². The maximum atomic E-state index is 8.14. The first kappa shape index (κ1) is 17.4. The highest BCUT2D eigenvalue weighted by Crippen LogP contribution is 1.87. The van der Waals surface area contributed by atoms with Gasteiger partial charge in [-0.2, -0.15) is 5.26 Å². The molecule has 5 heteroatoms. The van der Waals surface area contributed by atoms with E-state index in [1.807, 2.05) is 21.1 Å². The van der Waals surface area contributed by atoms with Gasteiger partial charge in [-0.1, -0.05) is 28.9 Å². The van der Waals surface area contributed by atoms with Crippen LogP contribution in [0, 0.1) is 11.3 Å². The molecule has 0 aliphatic heterocycles. The molecule has 0 heterocycles. The van der Waals surface area contributed by atoms with E-state index in [1.165, 1.54) is 0 Å². The van der Waals surface area contributed by atoms with E-state index >= 15 is 0 Å². The Bertz CT molecular complexity index is 94.8. The fourth-order valence-electron chi connectivity index (χ4n) is 0.212. The van der Waals surface area contributed by atoms with Crippen molar-refractivity contribution in [2.75, 3.05) is 27.7 Å². The molecule has 0 aromatic rings. The summed E-state index contributed by atoms with van der Waals surface area (Å²) in [7, 11) is 5.97. The largest absolute Gasteiger partial charge is 1.00 e. The fraction of sp³-hybridized carbons (Fsp3) is 0.800. The topological polar surface area (TPSA) is 23.8 Å². The first-order valence-corrected chi connectivity index (χ1v) is 6.63. The molecule has 0 saturated carbocycles. The normalized spacial score (nSPS) is 8.00. The minimum atomic E-state index is 0. The van der Waals surface area contributed by atoms with E-state index in [1.54, 1.807) is 0 Å². The third-order valence-electron chi connectivity index (χ3n) is 0.545. The van der Waals surface area contributed by atoms with Gasteiger partial charge in [0.1, 0.15) is 6.07 Å². The molecule has 0 rings (SSSR count). The summed E-state index contributed by atoms with van der Waals surface area (Å²) in [6, 6.07) is 2.08. The van der Waals surface area contributed by atoms with Crippen LogP contribution in [-0.2, 0) is 0 Å². The van der Waals surface area contributed by atoms with Gasteiger partial charge in [0.25, 0.3) is 0 Å². The van der Waals surface area contributed by atoms with Crippen molar-refractivity contribution in [3.8, 4) is 6.07 Å². The van der Waals surface area contributed by atoms with E-state index in [0.29, 0.717) is 6.54 Å². The van der Waals surface area contributed by atoms with Gasteiger partial charge in [-0.15, -0.1) is 0 Å². The van der Waals surface area contributed by atoms with Crippen LogP contribution in [0.3, 0.4) is 0 Å². The molecule has 1 atom stereocenters. The SMILES string of the molecule is C[N+](C)(C)CC#N.PI.[I-]. The first-order chi connectivity index (χ1) is 4.06. The molecule has 0 bridgehead atoms. The van der Waals surface area contributed by atoms with E-state index in [-0.39, 0.29) is 24.0 Å². The molecule has 0 saturated heterocycles. The van der Waals surface area contributed by atoms with Gasteiger partial charge in [0, 0.05) is 0 Å². The molecular formula is C5H13I2N2P. The highest BCUT2D eigenvalue weighted by atomic mass is 127. The number of rotatable bonds is 1. The lowest BCUT2D eigenvalue weighted by molar-refractivity contribution is -0.863. The molecule has 0 aliphatic carbocycles. The lowest BCUT2D eigenvalue weighted by Gasteiger charge is -2.18. The second-order valence-electron chi connectivity index (χ2n) is 2.61. The lowest BCUT2D eigenvalue weighted by atomic mass is 10.6. The molecule has 0 spiro atoms. The highest BCUT2D eigenvalue weighted by Gasteiger charge is 2.01. The average Bonchev–Trinajstić information content (AvgIpc) is 1.69. The summed E-state index contributed by atoms with van der Waals surface area (Å²) in [5, 5.41) is 8.14. The van der Waals surface area contributed by atoms with Crippen LogP contribution in [0.25, 0.3) is 0 Å². The zero-order valence-electron chi connectivity index (χ0n) is 6.43. The van der Waals surface area contributed by atoms with Crippen molar-refractivity contribution in [3.63, 3.8) is 0 Å². The van der Waals surface area contributed by atoms with E-state index in [2.05, 4.69) is 35.0 Å². The second-order valence-corrected chi connectivity index (χ2v) is 2.61. The number of quaternary nitrogens is 1. The molecular weight excluding hydrogens is 373 g/mol. The summed E-state index contributed by atoms with van der Waals surface area (Å²) in [6.07, 6.45) is 0. The van der Waals surface area contributed by atoms with Crippen molar-refractivity contribution in [3.05, 3.63) is 0 Å². The minimum Gasteiger partial charge on any atom is -1.00 e. The van der Waals surface area contributed by atoms with Crippen molar-refractivity contribution in [2.45, 2.75) is 0 Å². The molecule has 2 nitrogen and oxygen atoms in total. The summed E-state index contributed by atoms with van der Waals surface area (Å²) in [6.45, 7) is 2.97. The molecule has 0 aromatic heterocycles. The molecule has 1 unspecified atom stereocenters. The van der Waals surface area contributed by atoms with Crippen LogP contribution in [0.5, 0.6) is 0 Å². The molecule has 0 N–H and O–H groups in total. The van der Waals surface area contributed by atoms with Crippen LogP contribution in [-0.4, -0.2) is 32.2 Å². The predicted octanol–water partition coefficient (Wildman–Crippen LogP) is -1.57. The van der Waals surface area contributed by atoms with Crippen LogP contribution >= 0.6 is 28.9 Å². The lowest BCUT2D eigenvalue weighted by Crippen LogP contribution is -3.00. The Labute approximate surface area is 95.6 Å². The van der Waals surface area contributed by atoms with E-state index < -0.39 is 0 Å². The van der Waals surface area contributed by atoms with Crippen LogP contribution in [0.15, 0.2) is 0 Å². The zero-order valence-corrected chi connectivity index (χ0v) is 11.9. The van der Waals surface area contributed by atoms with Gasteiger partial charge in [-0.05, 0) is 0 Å². The number of hydrogen-bond donors (Lipinski definition) is 0. The van der Waals surface area contributed by atoms with E-state index in [9.17, 15) is 0 Å². The Morgan fingerprint density at radius 3 is 1.70 bits per heavy atom. The monoisotopic (exact) mass is 386 g/mol. The van der Waals surface area contributed by atoms with Crippen molar-refractivity contribution in [1.29, 1.82) is 5.26 Å². The van der Waals surface area contributed by atoms with Gasteiger partial charge < -0.3 is 28.5 Å². The number of hydrogen-bond acceptors (Lipinski definition) is 1. The maximum absolute atomic E-state index is 8.14.